The molecule has 35 heavy (non-hydrogen) atoms. The summed E-state index contributed by atoms with van der Waals surface area (Å²) in [4.78, 5) is 27.6. The maximum Gasteiger partial charge on any atom is 0.337 e. The first kappa shape index (κ1) is 23.1. The quantitative estimate of drug-likeness (QED) is 0.413. The SMILES string of the molecule is O=C(O)c1cccnc1CCN1CCC(Cc2nc3cccnc3n2Cc2ccc(F)cc2)CC1. The van der Waals surface area contributed by atoms with Gasteiger partial charge >= 0.3 is 5.97 Å². The summed E-state index contributed by atoms with van der Waals surface area (Å²) in [6.07, 6.45) is 7.05. The number of carbonyl (C=O) groups is 1. The molecule has 4 heterocycles. The minimum atomic E-state index is -0.926. The molecule has 1 aromatic carbocycles. The van der Waals surface area contributed by atoms with Gasteiger partial charge in [0.15, 0.2) is 5.65 Å². The minimum absolute atomic E-state index is 0.239. The second-order valence-corrected chi connectivity index (χ2v) is 9.13. The molecule has 1 aliphatic heterocycles. The number of halogens is 1. The number of carboxylic acids is 1. The molecule has 180 valence electrons. The summed E-state index contributed by atoms with van der Waals surface area (Å²) in [6, 6.07) is 13.8. The van der Waals surface area contributed by atoms with E-state index in [1.807, 2.05) is 24.3 Å². The smallest absolute Gasteiger partial charge is 0.337 e. The summed E-state index contributed by atoms with van der Waals surface area (Å²) >= 11 is 0. The highest BCUT2D eigenvalue weighted by Crippen LogP contribution is 2.25. The first-order valence-corrected chi connectivity index (χ1v) is 12.0. The molecule has 8 heteroatoms. The van der Waals surface area contributed by atoms with Gasteiger partial charge in [0, 0.05) is 31.8 Å². The largest absolute Gasteiger partial charge is 0.478 e. The number of likely N-dealkylation sites (tertiary alicyclic amines) is 1. The summed E-state index contributed by atoms with van der Waals surface area (Å²) in [5.41, 5.74) is 3.68. The monoisotopic (exact) mass is 473 g/mol. The Kier molecular flexibility index (Phi) is 6.81. The Morgan fingerprint density at radius 3 is 2.54 bits per heavy atom. The normalized spacial score (nSPS) is 15.0. The van der Waals surface area contributed by atoms with Gasteiger partial charge in [0.25, 0.3) is 0 Å². The first-order valence-electron chi connectivity index (χ1n) is 12.0. The van der Waals surface area contributed by atoms with Crippen LogP contribution in [0, 0.1) is 11.7 Å². The highest BCUT2D eigenvalue weighted by atomic mass is 19.1. The third-order valence-electron chi connectivity index (χ3n) is 6.80. The van der Waals surface area contributed by atoms with Crippen molar-refractivity contribution in [2.45, 2.75) is 32.2 Å². The zero-order valence-electron chi connectivity index (χ0n) is 19.5. The van der Waals surface area contributed by atoms with Crippen LogP contribution in [-0.2, 0) is 19.4 Å². The Balaban J connectivity index is 1.23. The lowest BCUT2D eigenvalue weighted by Gasteiger charge is -2.32. The summed E-state index contributed by atoms with van der Waals surface area (Å²) < 4.78 is 15.5. The Morgan fingerprint density at radius 2 is 1.77 bits per heavy atom. The van der Waals surface area contributed by atoms with Gasteiger partial charge in [0.2, 0.25) is 0 Å². The third kappa shape index (κ3) is 5.38. The summed E-state index contributed by atoms with van der Waals surface area (Å²) in [6.45, 7) is 3.35. The molecule has 0 radical (unpaired) electrons. The topological polar surface area (TPSA) is 84.1 Å². The van der Waals surface area contributed by atoms with E-state index >= 15 is 0 Å². The van der Waals surface area contributed by atoms with Crippen LogP contribution in [-0.4, -0.2) is 55.1 Å². The van der Waals surface area contributed by atoms with E-state index in [4.69, 9.17) is 4.98 Å². The molecule has 4 aromatic rings. The van der Waals surface area contributed by atoms with Gasteiger partial charge in [-0.15, -0.1) is 0 Å². The molecule has 0 unspecified atom stereocenters. The van der Waals surface area contributed by atoms with Crippen LogP contribution >= 0.6 is 0 Å². The molecule has 0 spiro atoms. The van der Waals surface area contributed by atoms with Crippen LogP contribution in [0.4, 0.5) is 4.39 Å². The Bertz CT molecular complexity index is 1310. The molecular formula is C27H28FN5O2. The highest BCUT2D eigenvalue weighted by molar-refractivity contribution is 5.88. The second kappa shape index (κ2) is 10.3. The molecule has 1 fully saturated rings. The minimum Gasteiger partial charge on any atom is -0.478 e. The average Bonchev–Trinajstić information content (AvgIpc) is 3.21. The zero-order valence-corrected chi connectivity index (χ0v) is 19.5. The van der Waals surface area contributed by atoms with Crippen LogP contribution in [0.3, 0.4) is 0 Å². The van der Waals surface area contributed by atoms with Crippen LogP contribution in [0.15, 0.2) is 60.9 Å². The van der Waals surface area contributed by atoms with Crippen molar-refractivity contribution < 1.29 is 14.3 Å². The van der Waals surface area contributed by atoms with E-state index in [9.17, 15) is 14.3 Å². The van der Waals surface area contributed by atoms with E-state index < -0.39 is 5.97 Å². The first-order chi connectivity index (χ1) is 17.1. The summed E-state index contributed by atoms with van der Waals surface area (Å²) in [7, 11) is 0. The lowest BCUT2D eigenvalue weighted by atomic mass is 9.93. The van der Waals surface area contributed by atoms with Crippen molar-refractivity contribution in [1.29, 1.82) is 0 Å². The molecule has 5 rings (SSSR count). The Labute approximate surface area is 203 Å². The number of piperidine rings is 1. The fourth-order valence-electron chi connectivity index (χ4n) is 4.87. The number of aromatic nitrogens is 4. The van der Waals surface area contributed by atoms with Crippen molar-refractivity contribution in [1.82, 2.24) is 24.4 Å². The van der Waals surface area contributed by atoms with E-state index in [0.717, 1.165) is 61.4 Å². The number of benzene rings is 1. The molecule has 0 bridgehead atoms. The molecule has 1 N–H and O–H groups in total. The van der Waals surface area contributed by atoms with Gasteiger partial charge in [-0.3, -0.25) is 4.98 Å². The highest BCUT2D eigenvalue weighted by Gasteiger charge is 2.23. The van der Waals surface area contributed by atoms with Crippen molar-refractivity contribution in [2.24, 2.45) is 5.92 Å². The van der Waals surface area contributed by atoms with E-state index in [0.29, 0.717) is 24.6 Å². The lowest BCUT2D eigenvalue weighted by molar-refractivity contribution is 0.0694. The fraction of sp³-hybridized carbons (Fsp3) is 0.333. The number of hydrogen-bond donors (Lipinski definition) is 1. The van der Waals surface area contributed by atoms with E-state index in [-0.39, 0.29) is 11.4 Å². The standard InChI is InChI=1S/C27H28FN5O2/c28-21-7-5-20(6-8-21)18-33-25(31-24-4-2-13-30-26(24)33)17-19-9-14-32(15-10-19)16-11-23-22(27(34)35)3-1-12-29-23/h1-8,12-13,19H,9-11,14-18H2,(H,34,35). The average molecular weight is 474 g/mol. The van der Waals surface area contributed by atoms with Crippen LogP contribution in [0.2, 0.25) is 0 Å². The molecular weight excluding hydrogens is 445 g/mol. The van der Waals surface area contributed by atoms with Crippen LogP contribution < -0.4 is 0 Å². The van der Waals surface area contributed by atoms with Gasteiger partial charge < -0.3 is 14.6 Å². The Hall–Kier alpha value is -3.65. The van der Waals surface area contributed by atoms with Gasteiger partial charge in [-0.1, -0.05) is 12.1 Å². The maximum absolute atomic E-state index is 13.4. The van der Waals surface area contributed by atoms with Gasteiger partial charge in [0.1, 0.15) is 17.2 Å². The van der Waals surface area contributed by atoms with Crippen molar-refractivity contribution in [2.75, 3.05) is 19.6 Å². The third-order valence-corrected chi connectivity index (χ3v) is 6.80. The number of fused-ring (bicyclic) bond motifs is 1. The number of rotatable bonds is 8. The van der Waals surface area contributed by atoms with Gasteiger partial charge in [-0.05, 0) is 73.8 Å². The number of nitrogens with zero attached hydrogens (tertiary/aromatic N) is 5. The fourth-order valence-corrected chi connectivity index (χ4v) is 4.87. The van der Waals surface area contributed by atoms with E-state index in [1.165, 1.54) is 12.1 Å². The predicted octanol–water partition coefficient (Wildman–Crippen LogP) is 4.21. The van der Waals surface area contributed by atoms with Crippen LogP contribution in [0.1, 0.15) is 40.3 Å². The van der Waals surface area contributed by atoms with Gasteiger partial charge in [-0.25, -0.2) is 19.2 Å². The molecule has 0 saturated carbocycles. The number of hydrogen-bond acceptors (Lipinski definition) is 5. The molecule has 3 aromatic heterocycles. The number of carboxylic acid groups (broad SMARTS) is 1. The number of pyridine rings is 2. The molecule has 0 amide bonds. The predicted molar refractivity (Wildman–Crippen MR) is 131 cm³/mol. The molecule has 1 aliphatic rings. The van der Waals surface area contributed by atoms with Gasteiger partial charge in [0.05, 0.1) is 17.8 Å². The Morgan fingerprint density at radius 1 is 1.03 bits per heavy atom. The zero-order chi connectivity index (χ0) is 24.2. The van der Waals surface area contributed by atoms with E-state index in [1.54, 1.807) is 24.5 Å². The van der Waals surface area contributed by atoms with Crippen molar-refractivity contribution in [3.63, 3.8) is 0 Å². The summed E-state index contributed by atoms with van der Waals surface area (Å²) in [5, 5.41) is 9.37. The van der Waals surface area contributed by atoms with Gasteiger partial charge in [-0.2, -0.15) is 0 Å². The van der Waals surface area contributed by atoms with E-state index in [2.05, 4.69) is 19.4 Å². The van der Waals surface area contributed by atoms with Crippen LogP contribution in [0.25, 0.3) is 11.2 Å². The number of aromatic carboxylic acids is 1. The lowest BCUT2D eigenvalue weighted by Crippen LogP contribution is -2.36. The van der Waals surface area contributed by atoms with Crippen LogP contribution in [0.5, 0.6) is 0 Å². The molecule has 0 atom stereocenters. The summed E-state index contributed by atoms with van der Waals surface area (Å²) in [5.74, 6) is 0.363. The van der Waals surface area contributed by atoms with Crippen molar-refractivity contribution >= 4 is 17.1 Å². The van der Waals surface area contributed by atoms with Crippen molar-refractivity contribution in [3.8, 4) is 0 Å². The maximum atomic E-state index is 13.4. The number of imidazole rings is 1. The molecule has 1 saturated heterocycles. The second-order valence-electron chi connectivity index (χ2n) is 9.13. The molecule has 0 aliphatic carbocycles. The van der Waals surface area contributed by atoms with Crippen molar-refractivity contribution in [3.05, 3.63) is 89.4 Å². The molecule has 7 nitrogen and oxygen atoms in total.